The van der Waals surface area contributed by atoms with Gasteiger partial charge in [0.15, 0.2) is 0 Å². The second-order valence-electron chi connectivity index (χ2n) is 6.69. The Morgan fingerprint density at radius 2 is 1.72 bits per heavy atom. The molecular formula is C19H30N2O3S. The van der Waals surface area contributed by atoms with Crippen LogP contribution in [0.2, 0.25) is 0 Å². The molecular weight excluding hydrogens is 336 g/mol. The van der Waals surface area contributed by atoms with Crippen molar-refractivity contribution in [3.63, 3.8) is 0 Å². The van der Waals surface area contributed by atoms with Crippen molar-refractivity contribution in [1.82, 2.24) is 9.62 Å². The molecule has 1 fully saturated rings. The van der Waals surface area contributed by atoms with Crippen LogP contribution in [0.4, 0.5) is 0 Å². The van der Waals surface area contributed by atoms with Gasteiger partial charge in [-0.25, -0.2) is 13.1 Å². The number of amides is 1. The van der Waals surface area contributed by atoms with E-state index >= 15 is 0 Å². The van der Waals surface area contributed by atoms with E-state index in [4.69, 9.17) is 0 Å². The summed E-state index contributed by atoms with van der Waals surface area (Å²) >= 11 is 0. The van der Waals surface area contributed by atoms with Crippen LogP contribution >= 0.6 is 0 Å². The average molecular weight is 367 g/mol. The fourth-order valence-corrected chi connectivity index (χ4v) is 4.52. The van der Waals surface area contributed by atoms with E-state index in [1.165, 1.54) is 37.8 Å². The number of carbonyl (C=O) groups excluding carboxylic acids is 1. The third kappa shape index (κ3) is 5.54. The van der Waals surface area contributed by atoms with E-state index in [0.29, 0.717) is 25.2 Å². The summed E-state index contributed by atoms with van der Waals surface area (Å²) in [6.45, 7) is 5.60. The van der Waals surface area contributed by atoms with E-state index in [2.05, 4.69) is 4.72 Å². The standard InChI is InChI=1S/C19H30N2O3S/c1-3-21(4-2)19(22)17-11-13-18(14-12-17)25(23,24)20-15-7-10-16-8-5-6-9-16/h11-14,16,20H,3-10,15H2,1-2H3. The van der Waals surface area contributed by atoms with Gasteiger partial charge in [-0.3, -0.25) is 4.79 Å². The summed E-state index contributed by atoms with van der Waals surface area (Å²) in [6, 6.07) is 6.20. The maximum Gasteiger partial charge on any atom is 0.253 e. The summed E-state index contributed by atoms with van der Waals surface area (Å²) in [7, 11) is -3.50. The highest BCUT2D eigenvalue weighted by molar-refractivity contribution is 7.89. The van der Waals surface area contributed by atoms with Crippen LogP contribution in [-0.2, 0) is 10.0 Å². The normalized spacial score (nSPS) is 15.4. The lowest BCUT2D eigenvalue weighted by Crippen LogP contribution is -2.30. The molecule has 0 radical (unpaired) electrons. The van der Waals surface area contributed by atoms with Crippen molar-refractivity contribution in [2.45, 2.75) is 57.3 Å². The Hall–Kier alpha value is -1.40. The second kappa shape index (κ2) is 9.34. The van der Waals surface area contributed by atoms with Crippen molar-refractivity contribution in [2.24, 2.45) is 5.92 Å². The van der Waals surface area contributed by atoms with Gasteiger partial charge < -0.3 is 4.90 Å². The highest BCUT2D eigenvalue weighted by Gasteiger charge is 2.18. The second-order valence-corrected chi connectivity index (χ2v) is 8.46. The van der Waals surface area contributed by atoms with E-state index in [1.807, 2.05) is 13.8 Å². The molecule has 6 heteroatoms. The molecule has 1 aliphatic carbocycles. The minimum Gasteiger partial charge on any atom is -0.339 e. The van der Waals surface area contributed by atoms with Crippen molar-refractivity contribution in [3.05, 3.63) is 29.8 Å². The van der Waals surface area contributed by atoms with Gasteiger partial charge in [0.05, 0.1) is 4.90 Å². The van der Waals surface area contributed by atoms with Crippen LogP contribution < -0.4 is 4.72 Å². The number of hydrogen-bond acceptors (Lipinski definition) is 3. The molecule has 0 aliphatic heterocycles. The Labute approximate surface area is 151 Å². The smallest absolute Gasteiger partial charge is 0.253 e. The van der Waals surface area contributed by atoms with Crippen LogP contribution in [0.5, 0.6) is 0 Å². The van der Waals surface area contributed by atoms with E-state index in [0.717, 1.165) is 18.8 Å². The van der Waals surface area contributed by atoms with Gasteiger partial charge in [-0.05, 0) is 56.9 Å². The van der Waals surface area contributed by atoms with Gasteiger partial charge in [-0.1, -0.05) is 25.7 Å². The van der Waals surface area contributed by atoms with Crippen molar-refractivity contribution < 1.29 is 13.2 Å². The molecule has 25 heavy (non-hydrogen) atoms. The number of sulfonamides is 1. The van der Waals surface area contributed by atoms with Gasteiger partial charge in [0.1, 0.15) is 0 Å². The lowest BCUT2D eigenvalue weighted by Gasteiger charge is -2.18. The summed E-state index contributed by atoms with van der Waals surface area (Å²) in [6.07, 6.45) is 7.18. The Balaban J connectivity index is 1.89. The summed E-state index contributed by atoms with van der Waals surface area (Å²) < 4.78 is 27.4. The molecule has 140 valence electrons. The molecule has 0 heterocycles. The lowest BCUT2D eigenvalue weighted by atomic mass is 10.0. The van der Waals surface area contributed by atoms with Crippen molar-refractivity contribution in [3.8, 4) is 0 Å². The zero-order chi connectivity index (χ0) is 18.3. The van der Waals surface area contributed by atoms with Crippen LogP contribution in [0, 0.1) is 5.92 Å². The quantitative estimate of drug-likeness (QED) is 0.681. The van der Waals surface area contributed by atoms with Gasteiger partial charge in [0, 0.05) is 25.2 Å². The molecule has 1 saturated carbocycles. The fourth-order valence-electron chi connectivity index (χ4n) is 3.45. The lowest BCUT2D eigenvalue weighted by molar-refractivity contribution is 0.0773. The first-order valence-corrected chi connectivity index (χ1v) is 10.8. The number of hydrogen-bond donors (Lipinski definition) is 1. The van der Waals surface area contributed by atoms with Crippen LogP contribution in [-0.4, -0.2) is 38.9 Å². The molecule has 1 aliphatic rings. The maximum absolute atomic E-state index is 12.3. The highest BCUT2D eigenvalue weighted by atomic mass is 32.2. The first kappa shape index (κ1) is 19.9. The third-order valence-corrected chi connectivity index (χ3v) is 6.50. The van der Waals surface area contributed by atoms with Crippen LogP contribution in [0.25, 0.3) is 0 Å². The highest BCUT2D eigenvalue weighted by Crippen LogP contribution is 2.28. The maximum atomic E-state index is 12.3. The van der Waals surface area contributed by atoms with Gasteiger partial charge in [0.25, 0.3) is 5.91 Å². The minimum atomic E-state index is -3.50. The monoisotopic (exact) mass is 366 g/mol. The molecule has 1 amide bonds. The molecule has 1 N–H and O–H groups in total. The Morgan fingerprint density at radius 3 is 2.28 bits per heavy atom. The Kier molecular flexibility index (Phi) is 7.44. The van der Waals surface area contributed by atoms with E-state index in [9.17, 15) is 13.2 Å². The van der Waals surface area contributed by atoms with Crippen LogP contribution in [0.1, 0.15) is 62.7 Å². The van der Waals surface area contributed by atoms with Gasteiger partial charge in [0.2, 0.25) is 10.0 Å². The molecule has 2 rings (SSSR count). The predicted molar refractivity (Wildman–Crippen MR) is 100 cm³/mol. The molecule has 0 spiro atoms. The molecule has 0 atom stereocenters. The first-order valence-electron chi connectivity index (χ1n) is 9.37. The number of nitrogens with one attached hydrogen (secondary N) is 1. The topological polar surface area (TPSA) is 66.5 Å². The fraction of sp³-hybridized carbons (Fsp3) is 0.632. The van der Waals surface area contributed by atoms with Crippen molar-refractivity contribution >= 4 is 15.9 Å². The Morgan fingerprint density at radius 1 is 1.12 bits per heavy atom. The molecule has 0 bridgehead atoms. The number of benzene rings is 1. The molecule has 1 aromatic rings. The molecule has 0 saturated heterocycles. The number of carbonyl (C=O) groups is 1. The molecule has 0 unspecified atom stereocenters. The number of rotatable bonds is 9. The first-order chi connectivity index (χ1) is 12.0. The summed E-state index contributed by atoms with van der Waals surface area (Å²) in [5.41, 5.74) is 0.517. The molecule has 5 nitrogen and oxygen atoms in total. The Bertz CT molecular complexity index is 646. The number of nitrogens with zero attached hydrogens (tertiary/aromatic N) is 1. The van der Waals surface area contributed by atoms with E-state index in [-0.39, 0.29) is 10.8 Å². The molecule has 1 aromatic carbocycles. The third-order valence-electron chi connectivity index (χ3n) is 5.02. The summed E-state index contributed by atoms with van der Waals surface area (Å²) in [4.78, 5) is 14.2. The summed E-state index contributed by atoms with van der Waals surface area (Å²) in [5.74, 6) is 0.702. The van der Waals surface area contributed by atoms with Crippen molar-refractivity contribution in [2.75, 3.05) is 19.6 Å². The van der Waals surface area contributed by atoms with E-state index < -0.39 is 10.0 Å². The van der Waals surface area contributed by atoms with Crippen LogP contribution in [0.3, 0.4) is 0 Å². The SMILES string of the molecule is CCN(CC)C(=O)c1ccc(S(=O)(=O)NCCCC2CCCC2)cc1. The predicted octanol–water partition coefficient (Wildman–Crippen LogP) is 3.42. The van der Waals surface area contributed by atoms with Gasteiger partial charge in [-0.2, -0.15) is 0 Å². The zero-order valence-corrected chi connectivity index (χ0v) is 16.1. The van der Waals surface area contributed by atoms with E-state index in [1.54, 1.807) is 17.0 Å². The minimum absolute atomic E-state index is 0.0709. The average Bonchev–Trinajstić information content (AvgIpc) is 3.13. The van der Waals surface area contributed by atoms with Gasteiger partial charge >= 0.3 is 0 Å². The molecule has 0 aromatic heterocycles. The summed E-state index contributed by atoms with van der Waals surface area (Å²) in [5, 5.41) is 0. The van der Waals surface area contributed by atoms with Crippen molar-refractivity contribution in [1.29, 1.82) is 0 Å². The largest absolute Gasteiger partial charge is 0.339 e. The zero-order valence-electron chi connectivity index (χ0n) is 15.3. The van der Waals surface area contributed by atoms with Crippen LogP contribution in [0.15, 0.2) is 29.2 Å². The van der Waals surface area contributed by atoms with Gasteiger partial charge in [-0.15, -0.1) is 0 Å².